The largest absolute Gasteiger partial charge is 0.463 e. The van der Waals surface area contributed by atoms with Crippen molar-refractivity contribution < 1.29 is 18.4 Å². The van der Waals surface area contributed by atoms with E-state index < -0.39 is 16.6 Å². The molecule has 0 rings (SSSR count). The average Bonchev–Trinajstić information content (AvgIpc) is 2.26. The van der Waals surface area contributed by atoms with Gasteiger partial charge in [-0.2, -0.15) is 0 Å². The summed E-state index contributed by atoms with van der Waals surface area (Å²) in [5.74, 6) is -0.386. The maximum absolute atomic E-state index is 10.6. The van der Waals surface area contributed by atoms with E-state index >= 15 is 0 Å². The van der Waals surface area contributed by atoms with Gasteiger partial charge >= 0.3 is 5.97 Å². The van der Waals surface area contributed by atoms with E-state index in [1.807, 2.05) is 13.1 Å². The minimum atomic E-state index is -1.75. The first-order chi connectivity index (χ1) is 7.58. The van der Waals surface area contributed by atoms with Gasteiger partial charge in [0.1, 0.15) is 6.23 Å². The van der Waals surface area contributed by atoms with Gasteiger partial charge in [0.25, 0.3) is 0 Å². The summed E-state index contributed by atoms with van der Waals surface area (Å²) in [6.07, 6.45) is 1.54. The van der Waals surface area contributed by atoms with E-state index in [0.717, 1.165) is 6.08 Å². The van der Waals surface area contributed by atoms with Gasteiger partial charge in [-0.05, 0) is 32.7 Å². The standard InChI is InChI=1S/C7H14O3Si.C4H12OSi/c1-5-7(8)10-6-11(3,4)9-2;1-5-6(2,3)4/h5H,1,6H2,2-4H3;1-4H3. The quantitative estimate of drug-likeness (QED) is 0.440. The van der Waals surface area contributed by atoms with E-state index in [1.165, 1.54) is 0 Å². The fourth-order valence-electron chi connectivity index (χ4n) is 0.363. The summed E-state index contributed by atoms with van der Waals surface area (Å²) in [7, 11) is 0.525. The summed E-state index contributed by atoms with van der Waals surface area (Å²) in [5.41, 5.74) is 0. The van der Waals surface area contributed by atoms with Crippen LogP contribution >= 0.6 is 0 Å². The van der Waals surface area contributed by atoms with Gasteiger partial charge in [0.15, 0.2) is 8.32 Å². The highest BCUT2D eigenvalue weighted by Crippen LogP contribution is 2.02. The van der Waals surface area contributed by atoms with Crippen molar-refractivity contribution in [2.75, 3.05) is 20.4 Å². The molecule has 102 valence electrons. The monoisotopic (exact) mass is 278 g/mol. The number of ether oxygens (including phenoxy) is 1. The molecular formula is C11H26O4Si2. The lowest BCUT2D eigenvalue weighted by Crippen LogP contribution is -2.36. The molecule has 0 aromatic rings. The first kappa shape index (κ1) is 18.9. The molecule has 0 spiro atoms. The number of rotatable bonds is 5. The Morgan fingerprint density at radius 3 is 1.76 bits per heavy atom. The zero-order chi connectivity index (χ0) is 14.1. The first-order valence-electron chi connectivity index (χ1n) is 5.47. The highest BCUT2D eigenvalue weighted by Gasteiger charge is 2.22. The van der Waals surface area contributed by atoms with Crippen molar-refractivity contribution in [1.29, 1.82) is 0 Å². The van der Waals surface area contributed by atoms with Crippen LogP contribution in [0, 0.1) is 0 Å². The number of hydrogen-bond acceptors (Lipinski definition) is 4. The van der Waals surface area contributed by atoms with E-state index in [-0.39, 0.29) is 5.97 Å². The van der Waals surface area contributed by atoms with Crippen molar-refractivity contribution in [2.24, 2.45) is 0 Å². The van der Waals surface area contributed by atoms with Crippen LogP contribution < -0.4 is 0 Å². The minimum absolute atomic E-state index is 0.383. The molecule has 0 atom stereocenters. The Morgan fingerprint density at radius 1 is 1.12 bits per heavy atom. The molecule has 0 saturated heterocycles. The Morgan fingerprint density at radius 2 is 1.53 bits per heavy atom. The van der Waals surface area contributed by atoms with E-state index in [4.69, 9.17) is 13.6 Å². The van der Waals surface area contributed by atoms with Gasteiger partial charge in [-0.15, -0.1) is 0 Å². The number of carbonyl (C=O) groups excluding carboxylic acids is 1. The fourth-order valence-corrected chi connectivity index (χ4v) is 0.970. The van der Waals surface area contributed by atoms with Gasteiger partial charge in [0, 0.05) is 20.3 Å². The second kappa shape index (κ2) is 8.62. The molecule has 17 heavy (non-hydrogen) atoms. The summed E-state index contributed by atoms with van der Waals surface area (Å²) >= 11 is 0. The van der Waals surface area contributed by atoms with Gasteiger partial charge in [-0.1, -0.05) is 6.58 Å². The molecule has 0 N–H and O–H groups in total. The lowest BCUT2D eigenvalue weighted by Gasteiger charge is -2.18. The topological polar surface area (TPSA) is 44.8 Å². The molecule has 6 heteroatoms. The number of carbonyl (C=O) groups is 1. The molecule has 0 bridgehead atoms. The van der Waals surface area contributed by atoms with Crippen molar-refractivity contribution in [1.82, 2.24) is 0 Å². The Bertz CT molecular complexity index is 234. The van der Waals surface area contributed by atoms with Gasteiger partial charge in [-0.25, -0.2) is 4.79 Å². The Hall–Kier alpha value is -0.436. The van der Waals surface area contributed by atoms with Gasteiger partial charge in [-0.3, -0.25) is 0 Å². The molecule has 0 aromatic heterocycles. The van der Waals surface area contributed by atoms with Crippen LogP contribution in [-0.4, -0.2) is 43.1 Å². The highest BCUT2D eigenvalue weighted by atomic mass is 28.4. The lowest BCUT2D eigenvalue weighted by atomic mass is 10.7. The smallest absolute Gasteiger partial charge is 0.329 e. The van der Waals surface area contributed by atoms with Crippen LogP contribution in [-0.2, 0) is 18.4 Å². The summed E-state index contributed by atoms with van der Waals surface area (Å²) < 4.78 is 15.1. The number of esters is 1. The zero-order valence-corrected chi connectivity index (χ0v) is 14.1. The normalized spacial score (nSPS) is 11.2. The van der Waals surface area contributed by atoms with Crippen LogP contribution in [0.2, 0.25) is 32.7 Å². The van der Waals surface area contributed by atoms with Crippen LogP contribution in [0.1, 0.15) is 0 Å². The predicted molar refractivity (Wildman–Crippen MR) is 76.0 cm³/mol. The lowest BCUT2D eigenvalue weighted by molar-refractivity contribution is -0.136. The first-order valence-corrected chi connectivity index (χ1v) is 12.0. The molecule has 0 aliphatic rings. The number of hydrogen-bond donors (Lipinski definition) is 0. The van der Waals surface area contributed by atoms with Crippen molar-refractivity contribution >= 4 is 22.6 Å². The van der Waals surface area contributed by atoms with Crippen molar-refractivity contribution in [3.05, 3.63) is 12.7 Å². The van der Waals surface area contributed by atoms with Crippen LogP contribution in [0.3, 0.4) is 0 Å². The molecule has 0 fully saturated rings. The summed E-state index contributed by atoms with van der Waals surface area (Å²) in [4.78, 5) is 10.6. The van der Waals surface area contributed by atoms with Crippen LogP contribution in [0.25, 0.3) is 0 Å². The maximum atomic E-state index is 10.6. The van der Waals surface area contributed by atoms with E-state index in [0.29, 0.717) is 6.23 Å². The molecular weight excluding hydrogens is 252 g/mol. The third-order valence-electron chi connectivity index (χ3n) is 1.89. The SMILES string of the molecule is C=CC(=O)OC[Si](C)(C)OC.CO[Si](C)(C)C. The molecule has 0 heterocycles. The summed E-state index contributed by atoms with van der Waals surface area (Å²) in [6, 6.07) is 0. The van der Waals surface area contributed by atoms with Crippen molar-refractivity contribution in [3.8, 4) is 0 Å². The van der Waals surface area contributed by atoms with Gasteiger partial charge in [0.05, 0.1) is 0 Å². The van der Waals surface area contributed by atoms with Gasteiger partial charge in [0.2, 0.25) is 8.32 Å². The predicted octanol–water partition coefficient (Wildman–Crippen LogP) is 2.57. The Kier molecular flexibility index (Phi) is 9.60. The van der Waals surface area contributed by atoms with E-state index in [1.54, 1.807) is 14.2 Å². The van der Waals surface area contributed by atoms with Crippen LogP contribution in [0.4, 0.5) is 0 Å². The fraction of sp³-hybridized carbons (Fsp3) is 0.727. The third-order valence-corrected chi connectivity index (χ3v) is 5.06. The molecule has 0 radical (unpaired) electrons. The molecule has 0 unspecified atom stereocenters. The van der Waals surface area contributed by atoms with E-state index in [2.05, 4.69) is 26.2 Å². The zero-order valence-electron chi connectivity index (χ0n) is 12.1. The van der Waals surface area contributed by atoms with Gasteiger partial charge < -0.3 is 13.6 Å². The second-order valence-corrected chi connectivity index (χ2v) is 13.9. The second-order valence-electron chi connectivity index (χ2n) is 5.09. The molecule has 0 aromatic carbocycles. The van der Waals surface area contributed by atoms with Crippen LogP contribution in [0.5, 0.6) is 0 Å². The Labute approximate surface area is 107 Å². The molecule has 4 nitrogen and oxygen atoms in total. The molecule has 0 aliphatic heterocycles. The highest BCUT2D eigenvalue weighted by molar-refractivity contribution is 6.71. The van der Waals surface area contributed by atoms with Crippen molar-refractivity contribution in [3.63, 3.8) is 0 Å². The minimum Gasteiger partial charge on any atom is -0.463 e. The maximum Gasteiger partial charge on any atom is 0.329 e. The Balaban J connectivity index is 0. The van der Waals surface area contributed by atoms with Crippen LogP contribution in [0.15, 0.2) is 12.7 Å². The van der Waals surface area contributed by atoms with Crippen molar-refractivity contribution in [2.45, 2.75) is 32.7 Å². The average molecular weight is 278 g/mol. The summed E-state index contributed by atoms with van der Waals surface area (Å²) in [6.45, 7) is 13.7. The third kappa shape index (κ3) is 15.6. The molecule has 0 aliphatic carbocycles. The molecule has 0 saturated carbocycles. The molecule has 0 amide bonds. The van der Waals surface area contributed by atoms with E-state index in [9.17, 15) is 4.79 Å². The summed E-state index contributed by atoms with van der Waals surface area (Å²) in [5, 5.41) is 0.